The molecule has 1 fully saturated rings. The largest absolute Gasteiger partial charge is 0.506 e. The summed E-state index contributed by atoms with van der Waals surface area (Å²) in [5.41, 5.74) is 5.67. The van der Waals surface area contributed by atoms with Crippen LogP contribution in [0.15, 0.2) is 79.0 Å². The van der Waals surface area contributed by atoms with Crippen LogP contribution in [-0.2, 0) is 0 Å². The number of ether oxygens (including phenoxy) is 1. The lowest BCUT2D eigenvalue weighted by Crippen LogP contribution is -2.30. The van der Waals surface area contributed by atoms with Gasteiger partial charge in [0.15, 0.2) is 5.11 Å². The van der Waals surface area contributed by atoms with Crippen LogP contribution in [-0.4, -0.2) is 26.9 Å². The second-order valence-corrected chi connectivity index (χ2v) is 8.71. The Kier molecular flexibility index (Phi) is 5.71. The maximum absolute atomic E-state index is 10.6. The van der Waals surface area contributed by atoms with Crippen molar-refractivity contribution in [2.75, 3.05) is 12.0 Å². The van der Waals surface area contributed by atoms with E-state index in [-0.39, 0.29) is 17.8 Å². The van der Waals surface area contributed by atoms with Crippen LogP contribution < -0.4 is 15.0 Å². The highest BCUT2D eigenvalue weighted by molar-refractivity contribution is 7.80. The normalized spacial score (nSPS) is 17.6. The summed E-state index contributed by atoms with van der Waals surface area (Å²) in [6.45, 7) is 4.12. The number of phenolic OH excluding ortho intramolecular Hbond substituents is 1. The van der Waals surface area contributed by atoms with Crippen LogP contribution in [0.2, 0.25) is 0 Å². The number of rotatable bonds is 5. The Balaban J connectivity index is 1.72. The van der Waals surface area contributed by atoms with Crippen LogP contribution in [0.1, 0.15) is 34.7 Å². The fourth-order valence-corrected chi connectivity index (χ4v) is 5.21. The number of aromatic nitrogens is 2. The van der Waals surface area contributed by atoms with Crippen LogP contribution >= 0.6 is 12.2 Å². The quantitative estimate of drug-likeness (QED) is 0.382. The summed E-state index contributed by atoms with van der Waals surface area (Å²) in [6.07, 6.45) is 1.80. The molecule has 2 N–H and O–H groups in total. The Labute approximate surface area is 204 Å². The van der Waals surface area contributed by atoms with Crippen molar-refractivity contribution >= 4 is 23.0 Å². The molecule has 0 aliphatic carbocycles. The number of benzene rings is 2. The van der Waals surface area contributed by atoms with Gasteiger partial charge in [0.05, 0.1) is 36.3 Å². The highest BCUT2D eigenvalue weighted by atomic mass is 32.1. The first kappa shape index (κ1) is 22.0. The zero-order valence-corrected chi connectivity index (χ0v) is 20.1. The smallest absolute Gasteiger partial charge is 0.174 e. The van der Waals surface area contributed by atoms with Crippen LogP contribution in [0.4, 0.5) is 5.69 Å². The molecule has 0 radical (unpaired) electrons. The van der Waals surface area contributed by atoms with Crippen molar-refractivity contribution in [2.24, 2.45) is 0 Å². The van der Waals surface area contributed by atoms with E-state index in [0.29, 0.717) is 5.11 Å². The summed E-state index contributed by atoms with van der Waals surface area (Å²) in [4.78, 5) is 6.76. The van der Waals surface area contributed by atoms with Crippen molar-refractivity contribution < 1.29 is 9.84 Å². The third-order valence-electron chi connectivity index (χ3n) is 6.35. The van der Waals surface area contributed by atoms with Gasteiger partial charge in [-0.25, -0.2) is 0 Å². The summed E-state index contributed by atoms with van der Waals surface area (Å²) in [6, 6.07) is 23.0. The molecule has 0 saturated carbocycles. The SMILES string of the molecule is COc1ccccc1N1C(=S)N[C@@H](c2ccccn2)[C@@H]1c1cc(C)n(-c2ccccc2O)c1C. The average Bonchev–Trinajstić information content (AvgIpc) is 3.35. The maximum Gasteiger partial charge on any atom is 0.174 e. The van der Waals surface area contributed by atoms with Crippen molar-refractivity contribution in [1.82, 2.24) is 14.9 Å². The van der Waals surface area contributed by atoms with Gasteiger partial charge < -0.3 is 24.6 Å². The molecule has 2 atom stereocenters. The Morgan fingerprint density at radius 2 is 1.68 bits per heavy atom. The predicted octanol–water partition coefficient (Wildman–Crippen LogP) is 5.38. The van der Waals surface area contributed by atoms with Gasteiger partial charge in [-0.1, -0.05) is 30.3 Å². The van der Waals surface area contributed by atoms with Gasteiger partial charge in [-0.2, -0.15) is 0 Å². The van der Waals surface area contributed by atoms with Gasteiger partial charge >= 0.3 is 0 Å². The van der Waals surface area contributed by atoms with Crippen molar-refractivity contribution in [3.05, 3.63) is 102 Å². The lowest BCUT2D eigenvalue weighted by Gasteiger charge is -2.29. The molecule has 7 heteroatoms. The van der Waals surface area contributed by atoms with E-state index in [0.717, 1.165) is 39.8 Å². The fourth-order valence-electron chi connectivity index (χ4n) is 4.87. The van der Waals surface area contributed by atoms with Gasteiger partial charge in [-0.15, -0.1) is 0 Å². The van der Waals surface area contributed by atoms with Crippen LogP contribution in [0.5, 0.6) is 11.5 Å². The minimum atomic E-state index is -0.176. The lowest BCUT2D eigenvalue weighted by atomic mass is 9.96. The highest BCUT2D eigenvalue weighted by Crippen LogP contribution is 2.46. The van der Waals surface area contributed by atoms with E-state index in [9.17, 15) is 5.11 Å². The van der Waals surface area contributed by atoms with E-state index in [1.165, 1.54) is 0 Å². The molecule has 1 saturated heterocycles. The second-order valence-electron chi connectivity index (χ2n) is 8.32. The van der Waals surface area contributed by atoms with Gasteiger partial charge in [-0.05, 0) is 74.1 Å². The molecule has 0 spiro atoms. The van der Waals surface area contributed by atoms with Gasteiger partial charge in [0, 0.05) is 17.6 Å². The fraction of sp³-hybridized carbons (Fsp3) is 0.185. The van der Waals surface area contributed by atoms with Gasteiger partial charge in [0.25, 0.3) is 0 Å². The Hall–Kier alpha value is -3.84. The molecule has 0 unspecified atom stereocenters. The van der Waals surface area contributed by atoms with E-state index in [4.69, 9.17) is 17.0 Å². The summed E-state index contributed by atoms with van der Waals surface area (Å²) in [7, 11) is 1.67. The van der Waals surface area contributed by atoms with Crippen molar-refractivity contribution in [3.63, 3.8) is 0 Å². The third kappa shape index (κ3) is 3.58. The zero-order chi connectivity index (χ0) is 23.8. The van der Waals surface area contributed by atoms with E-state index in [1.807, 2.05) is 67.6 Å². The molecule has 6 nitrogen and oxygen atoms in total. The summed E-state index contributed by atoms with van der Waals surface area (Å²) < 4.78 is 7.78. The van der Waals surface area contributed by atoms with Crippen molar-refractivity contribution in [3.8, 4) is 17.2 Å². The number of aryl methyl sites for hydroxylation is 1. The first-order valence-electron chi connectivity index (χ1n) is 11.1. The molecule has 34 heavy (non-hydrogen) atoms. The number of methoxy groups -OCH3 is 1. The number of pyridine rings is 1. The highest BCUT2D eigenvalue weighted by Gasteiger charge is 2.43. The van der Waals surface area contributed by atoms with Crippen molar-refractivity contribution in [2.45, 2.75) is 25.9 Å². The molecule has 0 bridgehead atoms. The lowest BCUT2D eigenvalue weighted by molar-refractivity contribution is 0.414. The zero-order valence-electron chi connectivity index (χ0n) is 19.3. The first-order chi connectivity index (χ1) is 16.5. The van der Waals surface area contributed by atoms with E-state index in [2.05, 4.69) is 32.8 Å². The number of nitrogens with one attached hydrogen (secondary N) is 1. The van der Waals surface area contributed by atoms with Gasteiger partial charge in [0.2, 0.25) is 0 Å². The minimum Gasteiger partial charge on any atom is -0.506 e. The molecule has 2 aromatic heterocycles. The number of hydrogen-bond donors (Lipinski definition) is 2. The molecule has 172 valence electrons. The van der Waals surface area contributed by atoms with E-state index < -0.39 is 0 Å². The van der Waals surface area contributed by atoms with Crippen LogP contribution in [0.3, 0.4) is 0 Å². The molecule has 2 aromatic carbocycles. The van der Waals surface area contributed by atoms with Gasteiger partial charge in [-0.3, -0.25) is 4.98 Å². The molecule has 3 heterocycles. The molecular formula is C27H26N4O2S. The predicted molar refractivity (Wildman–Crippen MR) is 138 cm³/mol. The third-order valence-corrected chi connectivity index (χ3v) is 6.67. The molecule has 1 aliphatic rings. The summed E-state index contributed by atoms with van der Waals surface area (Å²) >= 11 is 5.87. The molecular weight excluding hydrogens is 444 g/mol. The van der Waals surface area contributed by atoms with Crippen LogP contribution in [0.25, 0.3) is 5.69 Å². The summed E-state index contributed by atoms with van der Waals surface area (Å²) in [5.74, 6) is 0.978. The standard InChI is InChI=1S/C27H26N4O2S/c1-17-16-19(18(2)30(17)21-11-4-6-13-23(21)32)26-25(20-10-8-9-15-28-20)29-27(34)31(26)22-12-5-7-14-24(22)33-3/h4-16,25-26,32H,1-3H3,(H,29,34)/t25-,26-/m0/s1. The molecule has 1 aliphatic heterocycles. The average molecular weight is 471 g/mol. The van der Waals surface area contributed by atoms with E-state index >= 15 is 0 Å². The second kappa shape index (κ2) is 8.83. The molecule has 0 amide bonds. The number of thiocarbonyl (C=S) groups is 1. The number of aromatic hydroxyl groups is 1. The minimum absolute atomic E-state index is 0.170. The first-order valence-corrected chi connectivity index (χ1v) is 11.5. The Morgan fingerprint density at radius 1 is 0.971 bits per heavy atom. The van der Waals surface area contributed by atoms with E-state index in [1.54, 1.807) is 19.4 Å². The Bertz CT molecular complexity index is 1350. The Morgan fingerprint density at radius 3 is 2.38 bits per heavy atom. The maximum atomic E-state index is 10.6. The number of hydrogen-bond acceptors (Lipinski definition) is 4. The summed E-state index contributed by atoms with van der Waals surface area (Å²) in [5, 5.41) is 14.7. The number of phenols is 1. The monoisotopic (exact) mass is 470 g/mol. The number of nitrogens with zero attached hydrogens (tertiary/aromatic N) is 3. The molecule has 4 aromatic rings. The number of para-hydroxylation sites is 4. The van der Waals surface area contributed by atoms with Crippen molar-refractivity contribution in [1.29, 1.82) is 0 Å². The number of anilines is 1. The topological polar surface area (TPSA) is 62.5 Å². The molecule has 5 rings (SSSR count). The van der Waals surface area contributed by atoms with Crippen LogP contribution in [0, 0.1) is 13.8 Å². The van der Waals surface area contributed by atoms with Gasteiger partial charge in [0.1, 0.15) is 11.5 Å².